The molecule has 0 saturated carbocycles. The van der Waals surface area contributed by atoms with E-state index in [1.165, 1.54) is 0 Å². The first-order chi connectivity index (χ1) is 9.24. The van der Waals surface area contributed by atoms with Crippen molar-refractivity contribution in [2.45, 2.75) is 27.2 Å². The van der Waals surface area contributed by atoms with Gasteiger partial charge in [-0.25, -0.2) is 0 Å². The van der Waals surface area contributed by atoms with Gasteiger partial charge in [-0.15, -0.1) is 0 Å². The van der Waals surface area contributed by atoms with Crippen LogP contribution in [0.1, 0.15) is 27.2 Å². The van der Waals surface area contributed by atoms with Crippen LogP contribution < -0.4 is 15.0 Å². The van der Waals surface area contributed by atoms with Crippen LogP contribution in [-0.4, -0.2) is 52.9 Å². The molecule has 1 heterocycles. The second-order valence-electron chi connectivity index (χ2n) is 3.91. The topological polar surface area (TPSA) is 83.4 Å². The minimum Gasteiger partial charge on any atom is -0.461 e. The zero-order valence-corrected chi connectivity index (χ0v) is 11.9. The number of aliphatic hydroxyl groups excluding tert-OH is 1. The zero-order valence-electron chi connectivity index (χ0n) is 11.9. The largest absolute Gasteiger partial charge is 0.461 e. The van der Waals surface area contributed by atoms with Crippen LogP contribution in [0.25, 0.3) is 0 Å². The maximum absolute atomic E-state index is 8.79. The first-order valence-electron chi connectivity index (χ1n) is 6.73. The molecular formula is C12H23N5O2. The molecule has 19 heavy (non-hydrogen) atoms. The number of rotatable bonds is 9. The Bertz CT molecular complexity index is 345. The second-order valence-corrected chi connectivity index (χ2v) is 3.91. The fraction of sp³-hybridized carbons (Fsp3) is 0.750. The van der Waals surface area contributed by atoms with E-state index in [2.05, 4.69) is 27.2 Å². The summed E-state index contributed by atoms with van der Waals surface area (Å²) in [5.41, 5.74) is 0. The molecule has 0 aliphatic heterocycles. The molecule has 1 aromatic rings. The van der Waals surface area contributed by atoms with Crippen molar-refractivity contribution in [3.05, 3.63) is 0 Å². The molecule has 0 unspecified atom stereocenters. The van der Waals surface area contributed by atoms with Crippen LogP contribution in [0.4, 0.5) is 11.9 Å². The minimum absolute atomic E-state index is 0.0655. The summed E-state index contributed by atoms with van der Waals surface area (Å²) < 4.78 is 5.28. The van der Waals surface area contributed by atoms with E-state index in [0.717, 1.165) is 26.1 Å². The first kappa shape index (κ1) is 15.4. The third-order valence-corrected chi connectivity index (χ3v) is 2.50. The molecule has 0 radical (unpaired) electrons. The third kappa shape index (κ3) is 4.86. The number of aliphatic hydroxyl groups is 1. The second kappa shape index (κ2) is 8.47. The average Bonchev–Trinajstić information content (AvgIpc) is 2.44. The molecule has 7 heteroatoms. The van der Waals surface area contributed by atoms with Crippen molar-refractivity contribution in [1.29, 1.82) is 0 Å². The van der Waals surface area contributed by atoms with Gasteiger partial charge in [0.05, 0.1) is 6.61 Å². The van der Waals surface area contributed by atoms with Crippen molar-refractivity contribution in [2.75, 3.05) is 43.1 Å². The summed E-state index contributed by atoms with van der Waals surface area (Å²) in [5, 5.41) is 11.9. The summed E-state index contributed by atoms with van der Waals surface area (Å²) in [4.78, 5) is 14.8. The zero-order chi connectivity index (χ0) is 14.1. The van der Waals surface area contributed by atoms with E-state index in [-0.39, 0.29) is 19.2 Å². The van der Waals surface area contributed by atoms with Crippen molar-refractivity contribution in [3.8, 4) is 6.01 Å². The van der Waals surface area contributed by atoms with Gasteiger partial charge in [0.1, 0.15) is 6.61 Å². The number of hydrogen-bond acceptors (Lipinski definition) is 7. The molecule has 0 atom stereocenters. The number of aromatic nitrogens is 3. The number of hydrogen-bond donors (Lipinski definition) is 2. The van der Waals surface area contributed by atoms with Gasteiger partial charge in [0.15, 0.2) is 0 Å². The fourth-order valence-electron chi connectivity index (χ4n) is 1.51. The lowest BCUT2D eigenvalue weighted by Crippen LogP contribution is -2.25. The van der Waals surface area contributed by atoms with E-state index < -0.39 is 0 Å². The molecule has 0 saturated heterocycles. The Kier molecular flexibility index (Phi) is 6.88. The molecule has 1 aromatic heterocycles. The van der Waals surface area contributed by atoms with Crippen LogP contribution in [0.5, 0.6) is 6.01 Å². The van der Waals surface area contributed by atoms with Crippen LogP contribution in [0.3, 0.4) is 0 Å². The van der Waals surface area contributed by atoms with Gasteiger partial charge >= 0.3 is 6.01 Å². The number of anilines is 2. The standard InChI is InChI=1S/C12H23N5O2/c1-4-7-13-10-14-11(17(5-2)6-3)16-12(15-10)19-9-8-18/h18H,4-9H2,1-3H3,(H,13,14,15,16). The Morgan fingerprint density at radius 2 is 1.89 bits per heavy atom. The summed E-state index contributed by atoms with van der Waals surface area (Å²) in [6.45, 7) is 8.68. The van der Waals surface area contributed by atoms with Crippen molar-refractivity contribution < 1.29 is 9.84 Å². The monoisotopic (exact) mass is 269 g/mol. The smallest absolute Gasteiger partial charge is 0.323 e. The lowest BCUT2D eigenvalue weighted by Gasteiger charge is -2.19. The predicted octanol–water partition coefficient (Wildman–Crippen LogP) is 0.911. The maximum Gasteiger partial charge on any atom is 0.323 e. The SMILES string of the molecule is CCCNc1nc(OCCO)nc(N(CC)CC)n1. The summed E-state index contributed by atoms with van der Waals surface area (Å²) in [6, 6.07) is 0.240. The van der Waals surface area contributed by atoms with Gasteiger partial charge in [-0.3, -0.25) is 0 Å². The Balaban J connectivity index is 2.93. The maximum atomic E-state index is 8.79. The van der Waals surface area contributed by atoms with E-state index >= 15 is 0 Å². The van der Waals surface area contributed by atoms with Crippen molar-refractivity contribution in [3.63, 3.8) is 0 Å². The van der Waals surface area contributed by atoms with Crippen LogP contribution in [0.15, 0.2) is 0 Å². The van der Waals surface area contributed by atoms with E-state index in [9.17, 15) is 0 Å². The molecule has 0 spiro atoms. The minimum atomic E-state index is -0.0655. The summed E-state index contributed by atoms with van der Waals surface area (Å²) in [6.07, 6.45) is 0.985. The van der Waals surface area contributed by atoms with Gasteiger partial charge in [-0.05, 0) is 20.3 Å². The van der Waals surface area contributed by atoms with Gasteiger partial charge in [-0.2, -0.15) is 15.0 Å². The quantitative estimate of drug-likeness (QED) is 0.689. The van der Waals surface area contributed by atoms with Crippen molar-refractivity contribution in [2.24, 2.45) is 0 Å². The third-order valence-electron chi connectivity index (χ3n) is 2.50. The number of nitrogens with one attached hydrogen (secondary N) is 1. The average molecular weight is 269 g/mol. The number of ether oxygens (including phenoxy) is 1. The van der Waals surface area contributed by atoms with E-state index in [4.69, 9.17) is 9.84 Å². The molecule has 0 fully saturated rings. The normalized spacial score (nSPS) is 10.3. The van der Waals surface area contributed by atoms with Gasteiger partial charge in [0.25, 0.3) is 0 Å². The summed E-state index contributed by atoms with van der Waals surface area (Å²) in [7, 11) is 0. The Morgan fingerprint density at radius 1 is 1.16 bits per heavy atom. The predicted molar refractivity (Wildman–Crippen MR) is 74.7 cm³/mol. The summed E-state index contributed by atoms with van der Waals surface area (Å²) >= 11 is 0. The van der Waals surface area contributed by atoms with Crippen LogP contribution in [0.2, 0.25) is 0 Å². The van der Waals surface area contributed by atoms with Gasteiger partial charge in [-0.1, -0.05) is 6.92 Å². The summed E-state index contributed by atoms with van der Waals surface area (Å²) in [5.74, 6) is 1.10. The fourth-order valence-corrected chi connectivity index (χ4v) is 1.51. The highest BCUT2D eigenvalue weighted by Gasteiger charge is 2.11. The Labute approximate surface area is 114 Å². The highest BCUT2D eigenvalue weighted by molar-refractivity contribution is 5.38. The molecule has 1 rings (SSSR count). The Hall–Kier alpha value is -1.63. The van der Waals surface area contributed by atoms with E-state index in [1.54, 1.807) is 0 Å². The van der Waals surface area contributed by atoms with Gasteiger partial charge < -0.3 is 20.1 Å². The van der Waals surface area contributed by atoms with Crippen LogP contribution in [-0.2, 0) is 0 Å². The highest BCUT2D eigenvalue weighted by atomic mass is 16.5. The molecule has 2 N–H and O–H groups in total. The van der Waals surface area contributed by atoms with Crippen LogP contribution >= 0.6 is 0 Å². The van der Waals surface area contributed by atoms with Crippen molar-refractivity contribution >= 4 is 11.9 Å². The van der Waals surface area contributed by atoms with Gasteiger partial charge in [0, 0.05) is 19.6 Å². The molecular weight excluding hydrogens is 246 g/mol. The van der Waals surface area contributed by atoms with Gasteiger partial charge in [0.2, 0.25) is 11.9 Å². The molecule has 0 aliphatic carbocycles. The molecule has 108 valence electrons. The highest BCUT2D eigenvalue weighted by Crippen LogP contribution is 2.14. The Morgan fingerprint density at radius 3 is 2.47 bits per heavy atom. The molecule has 7 nitrogen and oxygen atoms in total. The van der Waals surface area contributed by atoms with E-state index in [1.807, 2.05) is 18.7 Å². The van der Waals surface area contributed by atoms with Crippen molar-refractivity contribution in [1.82, 2.24) is 15.0 Å². The number of nitrogens with zero attached hydrogens (tertiary/aromatic N) is 4. The first-order valence-corrected chi connectivity index (χ1v) is 6.73. The molecule has 0 aliphatic rings. The lowest BCUT2D eigenvalue weighted by atomic mass is 10.5. The van der Waals surface area contributed by atoms with E-state index in [0.29, 0.717) is 11.9 Å². The van der Waals surface area contributed by atoms with Crippen LogP contribution in [0, 0.1) is 0 Å². The molecule has 0 amide bonds. The molecule has 0 aromatic carbocycles. The molecule has 0 bridgehead atoms. The lowest BCUT2D eigenvalue weighted by molar-refractivity contribution is 0.191.